The third-order valence-electron chi connectivity index (χ3n) is 11.1. The van der Waals surface area contributed by atoms with E-state index in [0.29, 0.717) is 42.5 Å². The standard InChI is InChI=1S/C30H54ClN5O/c1-19-17-36(18-20(2)37-19)24-9-10-25-22(14-24)12-13-32-29(25)34-23-8-11-27(31)26(15-23)30-33-16-28(35-30)21-6-4-3-5-7-21/h19-30,32-35H,3-18H2,1-2H3/t19-,20+,22?,23?,24?,25?,26?,27?,28?,29?,30?. The summed E-state index contributed by atoms with van der Waals surface area (Å²) < 4.78 is 6.03. The van der Waals surface area contributed by atoms with Crippen molar-refractivity contribution in [2.75, 3.05) is 26.2 Å². The summed E-state index contributed by atoms with van der Waals surface area (Å²) in [4.78, 5) is 2.76. The van der Waals surface area contributed by atoms with Crippen LogP contribution < -0.4 is 21.3 Å². The van der Waals surface area contributed by atoms with Gasteiger partial charge in [0.2, 0.25) is 0 Å². The quantitative estimate of drug-likeness (QED) is 0.399. The van der Waals surface area contributed by atoms with Crippen molar-refractivity contribution in [3.8, 4) is 0 Å². The summed E-state index contributed by atoms with van der Waals surface area (Å²) in [6, 6.07) is 1.98. The molecule has 3 saturated carbocycles. The van der Waals surface area contributed by atoms with Crippen LogP contribution in [0, 0.1) is 23.7 Å². The van der Waals surface area contributed by atoms with Crippen LogP contribution in [-0.4, -0.2) is 79.1 Å². The van der Waals surface area contributed by atoms with Gasteiger partial charge in [-0.1, -0.05) is 19.3 Å². The predicted molar refractivity (Wildman–Crippen MR) is 152 cm³/mol. The SMILES string of the molecule is C[C@@H]1CN(C2CCC3C(CCNC3NC3CCC(Cl)C(C4NCC(C5CCCCC5)N4)C3)C2)C[C@H](C)O1. The first-order valence-electron chi connectivity index (χ1n) is 16.1. The van der Waals surface area contributed by atoms with Gasteiger partial charge in [-0.25, -0.2) is 0 Å². The van der Waals surface area contributed by atoms with Gasteiger partial charge in [-0.3, -0.25) is 15.5 Å². The van der Waals surface area contributed by atoms with E-state index in [4.69, 9.17) is 16.3 Å². The number of nitrogens with zero attached hydrogens (tertiary/aromatic N) is 1. The van der Waals surface area contributed by atoms with Gasteiger partial charge < -0.3 is 15.4 Å². The Morgan fingerprint density at radius 2 is 1.62 bits per heavy atom. The molecule has 3 saturated heterocycles. The first-order chi connectivity index (χ1) is 18.0. The smallest absolute Gasteiger partial charge is 0.0678 e. The van der Waals surface area contributed by atoms with Crippen molar-refractivity contribution in [2.24, 2.45) is 23.7 Å². The van der Waals surface area contributed by atoms with E-state index in [9.17, 15) is 0 Å². The normalized spacial score (nSPS) is 48.6. The van der Waals surface area contributed by atoms with Crippen molar-refractivity contribution in [2.45, 2.75) is 139 Å². The highest BCUT2D eigenvalue weighted by molar-refractivity contribution is 6.20. The molecule has 7 heteroatoms. The fourth-order valence-electron chi connectivity index (χ4n) is 9.27. The maximum absolute atomic E-state index is 6.99. The molecule has 3 aliphatic carbocycles. The van der Waals surface area contributed by atoms with Gasteiger partial charge in [-0.2, -0.15) is 0 Å². The summed E-state index contributed by atoms with van der Waals surface area (Å²) in [5, 5.41) is 16.2. The van der Waals surface area contributed by atoms with Crippen LogP contribution >= 0.6 is 11.6 Å². The number of morpholine rings is 1. The van der Waals surface area contributed by atoms with Crippen LogP contribution in [0.4, 0.5) is 0 Å². The minimum atomic E-state index is 0.286. The van der Waals surface area contributed by atoms with Gasteiger partial charge in [-0.15, -0.1) is 11.6 Å². The van der Waals surface area contributed by atoms with Crippen LogP contribution in [0.3, 0.4) is 0 Å². The van der Waals surface area contributed by atoms with Crippen molar-refractivity contribution in [1.82, 2.24) is 26.2 Å². The van der Waals surface area contributed by atoms with Gasteiger partial charge in [0.05, 0.1) is 24.5 Å². The second-order valence-electron chi connectivity index (χ2n) is 13.7. The van der Waals surface area contributed by atoms with Gasteiger partial charge >= 0.3 is 0 Å². The van der Waals surface area contributed by atoms with Gasteiger partial charge in [0.15, 0.2) is 0 Å². The molecule has 6 rings (SSSR count). The van der Waals surface area contributed by atoms with Crippen LogP contribution in [0.25, 0.3) is 0 Å². The number of hydrogen-bond acceptors (Lipinski definition) is 6. The topological polar surface area (TPSA) is 60.6 Å². The summed E-state index contributed by atoms with van der Waals surface area (Å²) in [6.45, 7) is 9.00. The molecular formula is C30H54ClN5O. The molecule has 0 amide bonds. The highest BCUT2D eigenvalue weighted by Crippen LogP contribution is 2.40. The molecule has 0 spiro atoms. The van der Waals surface area contributed by atoms with E-state index in [1.165, 1.54) is 70.6 Å². The summed E-state index contributed by atoms with van der Waals surface area (Å²) in [6.07, 6.45) is 17.6. The number of piperidine rings is 1. The fourth-order valence-corrected chi connectivity index (χ4v) is 9.65. The number of ether oxygens (including phenoxy) is 1. The Morgan fingerprint density at radius 3 is 2.43 bits per heavy atom. The summed E-state index contributed by atoms with van der Waals surface area (Å²) in [5.74, 6) is 2.99. The van der Waals surface area contributed by atoms with E-state index in [1.807, 2.05) is 0 Å². The van der Waals surface area contributed by atoms with Crippen molar-refractivity contribution in [3.63, 3.8) is 0 Å². The number of rotatable bonds is 5. The van der Waals surface area contributed by atoms with Crippen LogP contribution in [0.1, 0.15) is 90.9 Å². The molecule has 0 radical (unpaired) electrons. The average Bonchev–Trinajstić information content (AvgIpc) is 3.40. The van der Waals surface area contributed by atoms with Crippen molar-refractivity contribution in [3.05, 3.63) is 0 Å². The third kappa shape index (κ3) is 6.36. The van der Waals surface area contributed by atoms with E-state index >= 15 is 0 Å². The molecule has 0 aromatic heterocycles. The first-order valence-corrected chi connectivity index (χ1v) is 16.5. The molecule has 6 nitrogen and oxygen atoms in total. The summed E-state index contributed by atoms with van der Waals surface area (Å²) in [5.41, 5.74) is 0. The maximum atomic E-state index is 6.99. The zero-order valence-corrected chi connectivity index (χ0v) is 24.2. The number of hydrogen-bond donors (Lipinski definition) is 4. The monoisotopic (exact) mass is 535 g/mol. The second kappa shape index (κ2) is 12.3. The largest absolute Gasteiger partial charge is 0.373 e. The Morgan fingerprint density at radius 1 is 0.811 bits per heavy atom. The molecule has 4 N–H and O–H groups in total. The Kier molecular flexibility index (Phi) is 9.04. The predicted octanol–water partition coefficient (Wildman–Crippen LogP) is 4.03. The highest BCUT2D eigenvalue weighted by atomic mass is 35.5. The van der Waals surface area contributed by atoms with E-state index in [2.05, 4.69) is 40.0 Å². The first kappa shape index (κ1) is 27.2. The maximum Gasteiger partial charge on any atom is 0.0678 e. The number of fused-ring (bicyclic) bond motifs is 1. The Bertz CT molecular complexity index is 727. The lowest BCUT2D eigenvalue weighted by Gasteiger charge is -2.50. The number of alkyl halides is 1. The fraction of sp³-hybridized carbons (Fsp3) is 1.00. The molecule has 3 heterocycles. The molecule has 37 heavy (non-hydrogen) atoms. The van der Waals surface area contributed by atoms with Gasteiger partial charge in [0.25, 0.3) is 0 Å². The lowest BCUT2D eigenvalue weighted by molar-refractivity contribution is -0.0912. The molecule has 212 valence electrons. The molecular weight excluding hydrogens is 482 g/mol. The zero-order valence-electron chi connectivity index (χ0n) is 23.5. The van der Waals surface area contributed by atoms with E-state index < -0.39 is 0 Å². The van der Waals surface area contributed by atoms with Gasteiger partial charge in [0, 0.05) is 49.1 Å². The van der Waals surface area contributed by atoms with Crippen LogP contribution in [-0.2, 0) is 4.74 Å². The minimum Gasteiger partial charge on any atom is -0.373 e. The van der Waals surface area contributed by atoms with Crippen molar-refractivity contribution >= 4 is 11.6 Å². The molecule has 9 unspecified atom stereocenters. The number of halogens is 1. The molecule has 0 bridgehead atoms. The van der Waals surface area contributed by atoms with Gasteiger partial charge in [0.1, 0.15) is 0 Å². The van der Waals surface area contributed by atoms with Crippen molar-refractivity contribution < 1.29 is 4.74 Å². The molecule has 0 aromatic carbocycles. The van der Waals surface area contributed by atoms with Crippen LogP contribution in [0.15, 0.2) is 0 Å². The summed E-state index contributed by atoms with van der Waals surface area (Å²) >= 11 is 6.99. The third-order valence-corrected chi connectivity index (χ3v) is 11.7. The lowest BCUT2D eigenvalue weighted by Crippen LogP contribution is -2.61. The summed E-state index contributed by atoms with van der Waals surface area (Å²) in [7, 11) is 0. The second-order valence-corrected chi connectivity index (χ2v) is 14.3. The van der Waals surface area contributed by atoms with E-state index in [0.717, 1.165) is 56.4 Å². The Labute approximate surface area is 231 Å². The molecule has 6 fully saturated rings. The van der Waals surface area contributed by atoms with Crippen LogP contribution in [0.2, 0.25) is 0 Å². The average molecular weight is 536 g/mol. The number of nitrogens with one attached hydrogen (secondary N) is 4. The highest BCUT2D eigenvalue weighted by Gasteiger charge is 2.44. The van der Waals surface area contributed by atoms with Crippen molar-refractivity contribution in [1.29, 1.82) is 0 Å². The van der Waals surface area contributed by atoms with E-state index in [-0.39, 0.29) is 5.38 Å². The van der Waals surface area contributed by atoms with E-state index in [1.54, 1.807) is 0 Å². The lowest BCUT2D eigenvalue weighted by atomic mass is 9.71. The molecule has 11 atom stereocenters. The van der Waals surface area contributed by atoms with Gasteiger partial charge in [-0.05, 0) is 95.9 Å². The Hall–Kier alpha value is 0.0500. The minimum absolute atomic E-state index is 0.286. The van der Waals surface area contributed by atoms with Crippen LogP contribution in [0.5, 0.6) is 0 Å². The zero-order chi connectivity index (χ0) is 25.4. The molecule has 6 aliphatic rings. The molecule has 0 aromatic rings. The Balaban J connectivity index is 1.02. The molecule has 3 aliphatic heterocycles.